The van der Waals surface area contributed by atoms with Gasteiger partial charge in [-0.1, -0.05) is 193 Å². The first-order valence-electron chi connectivity index (χ1n) is 25.5. The molecule has 372 valence electrons. The van der Waals surface area contributed by atoms with Gasteiger partial charge in [0, 0.05) is 12.8 Å². The van der Waals surface area contributed by atoms with Crippen LogP contribution >= 0.6 is 7.82 Å². The van der Waals surface area contributed by atoms with E-state index < -0.39 is 75.7 Å². The second kappa shape index (κ2) is 39.7. The topological polar surface area (TPSA) is 210 Å². The molecule has 0 heterocycles. The van der Waals surface area contributed by atoms with Crippen LogP contribution < -0.4 is 0 Å². The Hall–Kier alpha value is -1.41. The minimum absolute atomic E-state index is 0.0962. The van der Waals surface area contributed by atoms with Crippen LogP contribution in [0.1, 0.15) is 232 Å². The van der Waals surface area contributed by atoms with Crippen LogP contribution in [0.2, 0.25) is 0 Å². The van der Waals surface area contributed by atoms with Gasteiger partial charge < -0.3 is 39.9 Å². The van der Waals surface area contributed by atoms with Crippen molar-refractivity contribution >= 4 is 19.8 Å². The van der Waals surface area contributed by atoms with Crippen LogP contribution in [0.5, 0.6) is 0 Å². The van der Waals surface area contributed by atoms with Crippen molar-refractivity contribution in [2.24, 2.45) is 0 Å². The lowest BCUT2D eigenvalue weighted by Gasteiger charge is -2.41. The fraction of sp³-hybridized carbons (Fsp3) is 0.918. The maximum atomic E-state index is 12.8. The van der Waals surface area contributed by atoms with Crippen LogP contribution in [-0.2, 0) is 32.7 Å². The van der Waals surface area contributed by atoms with E-state index in [0.717, 1.165) is 51.4 Å². The van der Waals surface area contributed by atoms with Crippen LogP contribution in [0, 0.1) is 0 Å². The van der Waals surface area contributed by atoms with Crippen molar-refractivity contribution in [2.75, 3.05) is 13.2 Å². The largest absolute Gasteiger partial charge is 0.472 e. The molecule has 0 bridgehead atoms. The Morgan fingerprint density at radius 1 is 0.476 bits per heavy atom. The maximum Gasteiger partial charge on any atom is 0.472 e. The third kappa shape index (κ3) is 32.0. The molecule has 0 aromatic heterocycles. The number of carbonyl (C=O) groups excluding carboxylic acids is 2. The first kappa shape index (κ1) is 59.6. The third-order valence-electron chi connectivity index (χ3n) is 12.1. The molecule has 1 rings (SSSR count). The first-order valence-corrected chi connectivity index (χ1v) is 27.0. The van der Waals surface area contributed by atoms with Gasteiger partial charge in [-0.15, -0.1) is 0 Å². The molecular formula is C49H93O13P. The molecule has 0 spiro atoms. The quantitative estimate of drug-likeness (QED) is 0.0146. The fourth-order valence-corrected chi connectivity index (χ4v) is 8.96. The number of unbranched alkanes of at least 4 members (excludes halogenated alkanes) is 29. The molecule has 0 aromatic rings. The summed E-state index contributed by atoms with van der Waals surface area (Å²) in [6.07, 6.45) is 29.7. The van der Waals surface area contributed by atoms with E-state index in [1.807, 2.05) is 0 Å². The highest BCUT2D eigenvalue weighted by Gasteiger charge is 2.51. The predicted molar refractivity (Wildman–Crippen MR) is 249 cm³/mol. The van der Waals surface area contributed by atoms with Crippen molar-refractivity contribution in [1.29, 1.82) is 0 Å². The average Bonchev–Trinajstić information content (AvgIpc) is 3.26. The smallest absolute Gasteiger partial charge is 0.462 e. The number of phosphoric acid groups is 1. The standard InChI is InChI=1S/C49H93O13P/c1-3-5-7-9-11-13-15-17-19-21-23-25-27-29-31-33-35-37-42(50)59-39-41(40-60-63(57,58)62-49-47(55)45(53)44(52)46(54)48(49)56)61-43(51)38-36-34-32-30-28-26-24-22-20-18-16-14-12-10-8-6-4-2/h18,20,41,44-49,52-56H,3-17,19,21-40H2,1-2H3,(H,57,58)/b20-18-/t41-,44?,45-,46?,47?,48?,49?/m1/s1. The van der Waals surface area contributed by atoms with E-state index in [2.05, 4.69) is 26.0 Å². The Morgan fingerprint density at radius 3 is 1.21 bits per heavy atom. The normalized spacial score (nSPS) is 21.7. The van der Waals surface area contributed by atoms with Crippen LogP contribution in [0.3, 0.4) is 0 Å². The van der Waals surface area contributed by atoms with Crippen LogP contribution in [0.4, 0.5) is 0 Å². The number of aliphatic hydroxyl groups is 5. The van der Waals surface area contributed by atoms with Gasteiger partial charge in [0.05, 0.1) is 6.61 Å². The SMILES string of the molecule is CCCCCCCC/C=C\CCCCCCCCCC(=O)O[C@H](COC(=O)CCCCCCCCCCCCCCCCCCC)COP(=O)(O)OC1C(O)C(O)C(O)[C@@H](O)C1O. The average molecular weight is 921 g/mol. The van der Waals surface area contributed by atoms with Crippen molar-refractivity contribution in [2.45, 2.75) is 275 Å². The van der Waals surface area contributed by atoms with Gasteiger partial charge in [-0.3, -0.25) is 18.6 Å². The van der Waals surface area contributed by atoms with Gasteiger partial charge in [-0.05, 0) is 38.5 Å². The molecule has 6 N–H and O–H groups in total. The zero-order valence-electron chi connectivity index (χ0n) is 39.6. The maximum absolute atomic E-state index is 12.8. The highest BCUT2D eigenvalue weighted by molar-refractivity contribution is 7.47. The monoisotopic (exact) mass is 921 g/mol. The fourth-order valence-electron chi connectivity index (χ4n) is 7.99. The van der Waals surface area contributed by atoms with Gasteiger partial charge in [0.2, 0.25) is 0 Å². The third-order valence-corrected chi connectivity index (χ3v) is 13.1. The van der Waals surface area contributed by atoms with Gasteiger partial charge in [-0.25, -0.2) is 4.57 Å². The van der Waals surface area contributed by atoms with Gasteiger partial charge in [0.25, 0.3) is 0 Å². The summed E-state index contributed by atoms with van der Waals surface area (Å²) in [6, 6.07) is 0. The Kier molecular flexibility index (Phi) is 37.6. The number of hydrogen-bond donors (Lipinski definition) is 6. The number of hydrogen-bond acceptors (Lipinski definition) is 12. The first-order chi connectivity index (χ1) is 30.4. The highest BCUT2D eigenvalue weighted by atomic mass is 31.2. The molecule has 0 amide bonds. The number of phosphoric ester groups is 1. The molecule has 8 atom stereocenters. The number of aliphatic hydroxyl groups excluding tert-OH is 5. The lowest BCUT2D eigenvalue weighted by atomic mass is 9.85. The molecule has 0 aliphatic heterocycles. The molecule has 1 saturated carbocycles. The van der Waals surface area contributed by atoms with E-state index in [1.165, 1.54) is 141 Å². The van der Waals surface area contributed by atoms with Crippen molar-refractivity contribution in [3.05, 3.63) is 12.2 Å². The zero-order valence-corrected chi connectivity index (χ0v) is 40.5. The number of allylic oxidation sites excluding steroid dienone is 2. The molecule has 14 heteroatoms. The summed E-state index contributed by atoms with van der Waals surface area (Å²) in [5.74, 6) is -1.09. The van der Waals surface area contributed by atoms with Gasteiger partial charge in [-0.2, -0.15) is 0 Å². The number of rotatable bonds is 43. The van der Waals surface area contributed by atoms with E-state index in [9.17, 15) is 44.6 Å². The van der Waals surface area contributed by atoms with E-state index in [-0.39, 0.29) is 12.8 Å². The minimum atomic E-state index is -5.12. The molecular weight excluding hydrogens is 828 g/mol. The summed E-state index contributed by atoms with van der Waals surface area (Å²) in [5.41, 5.74) is 0. The lowest BCUT2D eigenvalue weighted by molar-refractivity contribution is -0.220. The summed E-state index contributed by atoms with van der Waals surface area (Å²) in [7, 11) is -5.12. The highest BCUT2D eigenvalue weighted by Crippen LogP contribution is 2.47. The minimum Gasteiger partial charge on any atom is -0.462 e. The second-order valence-electron chi connectivity index (χ2n) is 18.0. The molecule has 0 saturated heterocycles. The molecule has 0 aromatic carbocycles. The summed E-state index contributed by atoms with van der Waals surface area (Å²) < 4.78 is 33.6. The Labute approximate surface area is 382 Å². The summed E-state index contributed by atoms with van der Waals surface area (Å²) in [4.78, 5) is 35.8. The Balaban J connectivity index is 2.40. The molecule has 1 aliphatic carbocycles. The van der Waals surface area contributed by atoms with E-state index in [1.54, 1.807) is 0 Å². The molecule has 63 heavy (non-hydrogen) atoms. The number of carbonyl (C=O) groups is 2. The van der Waals surface area contributed by atoms with E-state index in [4.69, 9.17) is 18.5 Å². The van der Waals surface area contributed by atoms with Crippen molar-refractivity contribution in [3.63, 3.8) is 0 Å². The lowest BCUT2D eigenvalue weighted by Crippen LogP contribution is -2.64. The molecule has 6 unspecified atom stereocenters. The number of esters is 2. The van der Waals surface area contributed by atoms with Crippen molar-refractivity contribution in [3.8, 4) is 0 Å². The molecule has 1 fully saturated rings. The van der Waals surface area contributed by atoms with Crippen molar-refractivity contribution < 1.29 is 63.1 Å². The number of ether oxygens (including phenoxy) is 2. The molecule has 0 radical (unpaired) electrons. The van der Waals surface area contributed by atoms with Crippen LogP contribution in [0.25, 0.3) is 0 Å². The summed E-state index contributed by atoms with van der Waals surface area (Å²) in [5, 5.41) is 50.2. The van der Waals surface area contributed by atoms with Gasteiger partial charge in [0.1, 0.15) is 43.2 Å². The van der Waals surface area contributed by atoms with E-state index in [0.29, 0.717) is 12.8 Å². The Bertz CT molecular complexity index is 1160. The summed E-state index contributed by atoms with van der Waals surface area (Å²) >= 11 is 0. The molecule has 13 nitrogen and oxygen atoms in total. The molecule has 1 aliphatic rings. The van der Waals surface area contributed by atoms with Crippen LogP contribution in [-0.4, -0.2) is 98.3 Å². The van der Waals surface area contributed by atoms with E-state index >= 15 is 0 Å². The summed E-state index contributed by atoms with van der Waals surface area (Å²) in [6.45, 7) is 3.33. The van der Waals surface area contributed by atoms with Crippen LogP contribution in [0.15, 0.2) is 12.2 Å². The van der Waals surface area contributed by atoms with Gasteiger partial charge in [0.15, 0.2) is 6.10 Å². The predicted octanol–water partition coefficient (Wildman–Crippen LogP) is 10.6. The zero-order chi connectivity index (χ0) is 46.4. The Morgan fingerprint density at radius 2 is 0.810 bits per heavy atom. The van der Waals surface area contributed by atoms with Gasteiger partial charge >= 0.3 is 19.8 Å². The van der Waals surface area contributed by atoms with Crippen molar-refractivity contribution in [1.82, 2.24) is 0 Å². The second-order valence-corrected chi connectivity index (χ2v) is 19.4.